The van der Waals surface area contributed by atoms with Crippen LogP contribution in [-0.2, 0) is 11.2 Å². The molecular weight excluding hydrogens is 306 g/mol. The smallest absolute Gasteiger partial charge is 0.387 e. The van der Waals surface area contributed by atoms with Crippen LogP contribution < -0.4 is 10.1 Å². The number of aliphatic hydroxyl groups is 1. The number of ether oxygens (including phenoxy) is 1. The van der Waals surface area contributed by atoms with Crippen LogP contribution in [0.1, 0.15) is 18.4 Å². The molecule has 1 amide bonds. The minimum atomic E-state index is -2.82. The third kappa shape index (κ3) is 6.50. The van der Waals surface area contributed by atoms with Crippen LogP contribution in [0.3, 0.4) is 0 Å². The van der Waals surface area contributed by atoms with E-state index in [-0.39, 0.29) is 17.8 Å². The van der Waals surface area contributed by atoms with Gasteiger partial charge in [0.05, 0.1) is 12.6 Å². The lowest BCUT2D eigenvalue weighted by Crippen LogP contribution is -2.42. The minimum absolute atomic E-state index is 0.0426. The zero-order valence-electron chi connectivity index (χ0n) is 12.9. The van der Waals surface area contributed by atoms with Crippen LogP contribution in [0.4, 0.5) is 8.78 Å². The molecule has 0 aromatic heterocycles. The molecule has 0 atom stereocenters. The van der Waals surface area contributed by atoms with Crippen molar-refractivity contribution in [3.8, 4) is 5.75 Å². The van der Waals surface area contributed by atoms with E-state index >= 15 is 0 Å². The molecule has 2 N–H and O–H groups in total. The topological polar surface area (TPSA) is 61.8 Å². The third-order valence-corrected chi connectivity index (χ3v) is 3.81. The Kier molecular flexibility index (Phi) is 6.73. The Labute approximate surface area is 134 Å². The molecule has 1 aromatic carbocycles. The fourth-order valence-corrected chi connectivity index (χ4v) is 2.52. The van der Waals surface area contributed by atoms with Gasteiger partial charge in [0, 0.05) is 19.6 Å². The molecule has 0 radical (unpaired) electrons. The van der Waals surface area contributed by atoms with E-state index in [2.05, 4.69) is 10.1 Å². The number of hydrogen-bond acceptors (Lipinski definition) is 4. The highest BCUT2D eigenvalue weighted by atomic mass is 19.3. The molecule has 1 fully saturated rings. The Morgan fingerprint density at radius 2 is 1.96 bits per heavy atom. The number of rotatable bonds is 7. The van der Waals surface area contributed by atoms with E-state index in [1.54, 1.807) is 12.1 Å². The molecule has 1 aromatic rings. The highest BCUT2D eigenvalue weighted by Crippen LogP contribution is 2.15. The Bertz CT molecular complexity index is 489. The molecular formula is C16H22F2N2O3. The van der Waals surface area contributed by atoms with Gasteiger partial charge in [-0.1, -0.05) is 12.1 Å². The molecule has 23 heavy (non-hydrogen) atoms. The number of amides is 1. The van der Waals surface area contributed by atoms with Gasteiger partial charge in [-0.15, -0.1) is 0 Å². The SMILES string of the molecule is O=C(CN1CCC(O)CC1)NCCc1ccc(OC(F)F)cc1. The van der Waals surface area contributed by atoms with Crippen LogP contribution in [0.2, 0.25) is 0 Å². The van der Waals surface area contributed by atoms with Crippen molar-refractivity contribution < 1.29 is 23.4 Å². The van der Waals surface area contributed by atoms with Gasteiger partial charge in [0.1, 0.15) is 5.75 Å². The number of alkyl halides is 2. The van der Waals surface area contributed by atoms with Crippen LogP contribution in [0.15, 0.2) is 24.3 Å². The van der Waals surface area contributed by atoms with E-state index in [4.69, 9.17) is 0 Å². The predicted octanol–water partition coefficient (Wildman–Crippen LogP) is 1.40. The Morgan fingerprint density at radius 3 is 2.57 bits per heavy atom. The molecule has 5 nitrogen and oxygen atoms in total. The maximum atomic E-state index is 12.0. The quantitative estimate of drug-likeness (QED) is 0.794. The van der Waals surface area contributed by atoms with Gasteiger partial charge in [-0.05, 0) is 37.0 Å². The van der Waals surface area contributed by atoms with Gasteiger partial charge in [-0.2, -0.15) is 8.78 Å². The summed E-state index contributed by atoms with van der Waals surface area (Å²) >= 11 is 0. The van der Waals surface area contributed by atoms with Gasteiger partial charge in [-0.25, -0.2) is 0 Å². The lowest BCUT2D eigenvalue weighted by Gasteiger charge is -2.28. The standard InChI is InChI=1S/C16H22F2N2O3/c17-16(18)23-14-3-1-12(2-4-14)5-8-19-15(22)11-20-9-6-13(21)7-10-20/h1-4,13,16,21H,5-11H2,(H,19,22). The number of nitrogens with one attached hydrogen (secondary N) is 1. The van der Waals surface area contributed by atoms with Crippen molar-refractivity contribution in [2.24, 2.45) is 0 Å². The van der Waals surface area contributed by atoms with Gasteiger partial charge in [0.15, 0.2) is 0 Å². The van der Waals surface area contributed by atoms with E-state index in [0.29, 0.717) is 32.4 Å². The Morgan fingerprint density at radius 1 is 1.30 bits per heavy atom. The van der Waals surface area contributed by atoms with Crippen molar-refractivity contribution in [1.82, 2.24) is 10.2 Å². The molecule has 1 aliphatic heterocycles. The molecule has 1 saturated heterocycles. The molecule has 1 heterocycles. The second kappa shape index (κ2) is 8.79. The molecule has 2 rings (SSSR count). The fourth-order valence-electron chi connectivity index (χ4n) is 2.52. The monoisotopic (exact) mass is 328 g/mol. The molecule has 1 aliphatic rings. The van der Waals surface area contributed by atoms with Gasteiger partial charge < -0.3 is 15.2 Å². The second-order valence-electron chi connectivity index (χ2n) is 5.63. The summed E-state index contributed by atoms with van der Waals surface area (Å²) in [6, 6.07) is 6.39. The third-order valence-electron chi connectivity index (χ3n) is 3.81. The van der Waals surface area contributed by atoms with E-state index < -0.39 is 6.61 Å². The first kappa shape index (κ1) is 17.6. The summed E-state index contributed by atoms with van der Waals surface area (Å²) in [4.78, 5) is 13.9. The first-order chi connectivity index (χ1) is 11.0. The number of aliphatic hydroxyl groups excluding tert-OH is 1. The average molecular weight is 328 g/mol. The van der Waals surface area contributed by atoms with Crippen molar-refractivity contribution in [3.05, 3.63) is 29.8 Å². The zero-order valence-corrected chi connectivity index (χ0v) is 12.9. The van der Waals surface area contributed by atoms with Crippen LogP contribution in [0.25, 0.3) is 0 Å². The molecule has 128 valence electrons. The number of likely N-dealkylation sites (tertiary alicyclic amines) is 1. The number of piperidine rings is 1. The first-order valence-corrected chi connectivity index (χ1v) is 7.74. The number of nitrogens with zero attached hydrogens (tertiary/aromatic N) is 1. The van der Waals surface area contributed by atoms with E-state index in [1.165, 1.54) is 12.1 Å². The Hall–Kier alpha value is -1.73. The molecule has 0 spiro atoms. The fraction of sp³-hybridized carbons (Fsp3) is 0.562. The lowest BCUT2D eigenvalue weighted by atomic mass is 10.1. The summed E-state index contributed by atoms with van der Waals surface area (Å²) in [6.45, 7) is -0.519. The summed E-state index contributed by atoms with van der Waals surface area (Å²) in [5, 5.41) is 12.3. The van der Waals surface area contributed by atoms with Crippen LogP contribution in [0.5, 0.6) is 5.75 Å². The Balaban J connectivity index is 1.65. The van der Waals surface area contributed by atoms with Gasteiger partial charge in [0.25, 0.3) is 0 Å². The number of benzene rings is 1. The highest BCUT2D eigenvalue weighted by Gasteiger charge is 2.18. The maximum Gasteiger partial charge on any atom is 0.387 e. The number of carbonyl (C=O) groups is 1. The first-order valence-electron chi connectivity index (χ1n) is 7.74. The maximum absolute atomic E-state index is 12.0. The number of halogens is 2. The lowest BCUT2D eigenvalue weighted by molar-refractivity contribution is -0.122. The average Bonchev–Trinajstić information content (AvgIpc) is 2.51. The van der Waals surface area contributed by atoms with Gasteiger partial charge >= 0.3 is 6.61 Å². The van der Waals surface area contributed by atoms with Gasteiger partial charge in [-0.3, -0.25) is 9.69 Å². The van der Waals surface area contributed by atoms with Crippen molar-refractivity contribution in [2.45, 2.75) is 32.0 Å². The summed E-state index contributed by atoms with van der Waals surface area (Å²) < 4.78 is 28.4. The predicted molar refractivity (Wildman–Crippen MR) is 81.5 cm³/mol. The van der Waals surface area contributed by atoms with E-state index in [0.717, 1.165) is 18.7 Å². The van der Waals surface area contributed by atoms with Crippen molar-refractivity contribution in [2.75, 3.05) is 26.2 Å². The zero-order chi connectivity index (χ0) is 16.7. The summed E-state index contributed by atoms with van der Waals surface area (Å²) in [7, 11) is 0. The van der Waals surface area contributed by atoms with E-state index in [1.807, 2.05) is 4.90 Å². The summed E-state index contributed by atoms with van der Waals surface area (Å²) in [5.41, 5.74) is 0.938. The van der Waals surface area contributed by atoms with E-state index in [9.17, 15) is 18.7 Å². The van der Waals surface area contributed by atoms with Crippen LogP contribution in [-0.4, -0.2) is 54.8 Å². The summed E-state index contributed by atoms with van der Waals surface area (Å²) in [6.07, 6.45) is 1.80. The molecule has 0 aliphatic carbocycles. The minimum Gasteiger partial charge on any atom is -0.435 e. The highest BCUT2D eigenvalue weighted by molar-refractivity contribution is 5.78. The molecule has 0 saturated carbocycles. The number of carbonyl (C=O) groups excluding carboxylic acids is 1. The molecule has 0 unspecified atom stereocenters. The van der Waals surface area contributed by atoms with Crippen molar-refractivity contribution in [1.29, 1.82) is 0 Å². The number of hydrogen-bond donors (Lipinski definition) is 2. The molecule has 0 bridgehead atoms. The molecule has 7 heteroatoms. The van der Waals surface area contributed by atoms with Gasteiger partial charge in [0.2, 0.25) is 5.91 Å². The largest absolute Gasteiger partial charge is 0.435 e. The normalized spacial score (nSPS) is 16.5. The van der Waals surface area contributed by atoms with Crippen molar-refractivity contribution in [3.63, 3.8) is 0 Å². The van der Waals surface area contributed by atoms with Crippen molar-refractivity contribution >= 4 is 5.91 Å². The summed E-state index contributed by atoms with van der Waals surface area (Å²) in [5.74, 6) is 0.0825. The van der Waals surface area contributed by atoms with Crippen LogP contribution in [0, 0.1) is 0 Å². The second-order valence-corrected chi connectivity index (χ2v) is 5.63. The van der Waals surface area contributed by atoms with Crippen LogP contribution >= 0.6 is 0 Å².